The first-order chi connectivity index (χ1) is 8.86. The molecular weight excluding hydrogens is 272 g/mol. The number of aromatic nitrogens is 1. The average Bonchev–Trinajstić information content (AvgIpc) is 2.59. The van der Waals surface area contributed by atoms with E-state index in [1.54, 1.807) is 6.92 Å². The molecule has 0 aliphatic heterocycles. The Kier molecular flexibility index (Phi) is 4.85. The molecule has 0 unspecified atom stereocenters. The summed E-state index contributed by atoms with van der Waals surface area (Å²) in [6.07, 6.45) is 0. The minimum Gasteiger partial charge on any atom is -0.388 e. The Morgan fingerprint density at radius 3 is 2.42 bits per heavy atom. The molecule has 2 N–H and O–H groups in total. The number of nitrogens with one attached hydrogen (secondary N) is 1. The van der Waals surface area contributed by atoms with Gasteiger partial charge in [-0.1, -0.05) is 11.6 Å². The number of aliphatic hydroxyl groups is 1. The monoisotopic (exact) mass is 286 g/mol. The van der Waals surface area contributed by atoms with Crippen molar-refractivity contribution in [2.24, 2.45) is 7.05 Å². The van der Waals surface area contributed by atoms with Crippen LogP contribution in [0.15, 0.2) is 0 Å². The molecule has 0 bridgehead atoms. The normalized spacial score (nSPS) is 10.4. The number of amides is 1. The molecule has 0 aromatic carbocycles. The molecule has 6 nitrogen and oxygen atoms in total. The van der Waals surface area contributed by atoms with Crippen LogP contribution in [0.25, 0.3) is 0 Å². The lowest BCUT2D eigenvalue weighted by Crippen LogP contribution is -2.32. The Hall–Kier alpha value is -1.66. The topological polar surface area (TPSA) is 88.4 Å². The first-order valence-electron chi connectivity index (χ1n) is 5.68. The van der Waals surface area contributed by atoms with Crippen molar-refractivity contribution in [3.8, 4) is 0 Å². The van der Waals surface area contributed by atoms with Crippen LogP contribution in [0.2, 0.25) is 5.15 Å². The third-order valence-electron chi connectivity index (χ3n) is 2.75. The third-order valence-corrected chi connectivity index (χ3v) is 3.19. The summed E-state index contributed by atoms with van der Waals surface area (Å²) >= 11 is 5.97. The summed E-state index contributed by atoms with van der Waals surface area (Å²) in [4.78, 5) is 35.1. The van der Waals surface area contributed by atoms with E-state index in [0.29, 0.717) is 12.1 Å². The number of Topliss-reactive ketones (excluding diaryl/α,β-unsaturated/α-hetero) is 2. The summed E-state index contributed by atoms with van der Waals surface area (Å²) in [5.74, 6) is -2.11. The summed E-state index contributed by atoms with van der Waals surface area (Å²) in [6.45, 7) is 2.82. The number of carbonyl (C=O) groups excluding carboxylic acids is 3. The first-order valence-corrected chi connectivity index (χ1v) is 6.05. The average molecular weight is 287 g/mol. The van der Waals surface area contributed by atoms with E-state index in [0.717, 1.165) is 0 Å². The lowest BCUT2D eigenvalue weighted by atomic mass is 10.1. The minimum atomic E-state index is -0.763. The number of rotatable bonds is 5. The van der Waals surface area contributed by atoms with E-state index < -0.39 is 24.1 Å². The molecule has 19 heavy (non-hydrogen) atoms. The summed E-state index contributed by atoms with van der Waals surface area (Å²) in [6, 6.07) is 0. The Morgan fingerprint density at radius 2 is 1.95 bits per heavy atom. The minimum absolute atomic E-state index is 0.0317. The molecule has 1 aromatic heterocycles. The molecule has 1 heterocycles. The highest BCUT2D eigenvalue weighted by atomic mass is 35.5. The molecule has 1 amide bonds. The van der Waals surface area contributed by atoms with Crippen molar-refractivity contribution >= 4 is 29.1 Å². The van der Waals surface area contributed by atoms with Gasteiger partial charge in [-0.15, -0.1) is 0 Å². The van der Waals surface area contributed by atoms with Crippen LogP contribution in [0, 0.1) is 6.92 Å². The van der Waals surface area contributed by atoms with Crippen LogP contribution in [-0.2, 0) is 11.8 Å². The van der Waals surface area contributed by atoms with E-state index in [2.05, 4.69) is 5.32 Å². The molecule has 0 fully saturated rings. The fourth-order valence-corrected chi connectivity index (χ4v) is 2.20. The number of halogens is 1. The van der Waals surface area contributed by atoms with E-state index >= 15 is 0 Å². The molecule has 1 aromatic rings. The van der Waals surface area contributed by atoms with Gasteiger partial charge in [0, 0.05) is 13.6 Å². The quantitative estimate of drug-likeness (QED) is 0.609. The molecule has 7 heteroatoms. The zero-order valence-corrected chi connectivity index (χ0v) is 11.7. The number of hydrogen-bond donors (Lipinski definition) is 2. The van der Waals surface area contributed by atoms with Gasteiger partial charge >= 0.3 is 0 Å². The Balaban J connectivity index is 3.35. The molecule has 1 rings (SSSR count). The summed E-state index contributed by atoms with van der Waals surface area (Å²) < 4.78 is 1.28. The van der Waals surface area contributed by atoms with Crippen molar-refractivity contribution < 1.29 is 19.5 Å². The molecule has 0 spiro atoms. The van der Waals surface area contributed by atoms with Crippen LogP contribution in [0.5, 0.6) is 0 Å². The van der Waals surface area contributed by atoms with Gasteiger partial charge < -0.3 is 15.0 Å². The Morgan fingerprint density at radius 1 is 1.37 bits per heavy atom. The molecule has 0 radical (unpaired) electrons. The molecule has 0 saturated heterocycles. The van der Waals surface area contributed by atoms with Crippen LogP contribution in [0.3, 0.4) is 0 Å². The van der Waals surface area contributed by atoms with E-state index in [1.807, 2.05) is 0 Å². The van der Waals surface area contributed by atoms with Crippen LogP contribution in [-0.4, -0.2) is 40.3 Å². The van der Waals surface area contributed by atoms with Gasteiger partial charge in [-0.2, -0.15) is 0 Å². The number of hydrogen-bond acceptors (Lipinski definition) is 4. The predicted octanol–water partition coefficient (Wildman–Crippen LogP) is 0.481. The highest BCUT2D eigenvalue weighted by molar-refractivity contribution is 6.44. The second-order valence-electron chi connectivity index (χ2n) is 3.97. The molecular formula is C12H15ClN2O4. The number of ketones is 2. The Bertz CT molecular complexity index is 548. The van der Waals surface area contributed by atoms with Gasteiger partial charge in [0.1, 0.15) is 11.8 Å². The van der Waals surface area contributed by atoms with Gasteiger partial charge in [-0.3, -0.25) is 14.4 Å². The van der Waals surface area contributed by atoms with E-state index in [4.69, 9.17) is 16.7 Å². The van der Waals surface area contributed by atoms with E-state index in [9.17, 15) is 14.4 Å². The van der Waals surface area contributed by atoms with Crippen LogP contribution >= 0.6 is 11.6 Å². The van der Waals surface area contributed by atoms with Crippen LogP contribution in [0.1, 0.15) is 33.3 Å². The third kappa shape index (κ3) is 2.69. The fourth-order valence-electron chi connectivity index (χ4n) is 1.86. The second-order valence-corrected chi connectivity index (χ2v) is 4.33. The molecule has 104 valence electrons. The van der Waals surface area contributed by atoms with Gasteiger partial charge in [0.25, 0.3) is 11.7 Å². The van der Waals surface area contributed by atoms with Crippen molar-refractivity contribution in [1.29, 1.82) is 0 Å². The maximum Gasteiger partial charge on any atom is 0.293 e. The van der Waals surface area contributed by atoms with Gasteiger partial charge in [-0.25, -0.2) is 0 Å². The van der Waals surface area contributed by atoms with Gasteiger partial charge in [-0.05, 0) is 19.4 Å². The predicted molar refractivity (Wildman–Crippen MR) is 69.6 cm³/mol. The molecule has 0 aliphatic carbocycles. The Labute approximate surface area is 115 Å². The molecule has 0 atom stereocenters. The second kappa shape index (κ2) is 5.99. The van der Waals surface area contributed by atoms with Crippen molar-refractivity contribution in [2.45, 2.75) is 13.8 Å². The maximum atomic E-state index is 12.0. The highest BCUT2D eigenvalue weighted by Crippen LogP contribution is 2.26. The number of likely N-dealkylation sites (N-methyl/N-ethyl adjacent to an activating group) is 1. The smallest absolute Gasteiger partial charge is 0.293 e. The maximum absolute atomic E-state index is 12.0. The van der Waals surface area contributed by atoms with E-state index in [-0.39, 0.29) is 16.4 Å². The van der Waals surface area contributed by atoms with Crippen molar-refractivity contribution in [3.63, 3.8) is 0 Å². The summed E-state index contributed by atoms with van der Waals surface area (Å²) in [5.41, 5.74) is 0.412. The fraction of sp³-hybridized carbons (Fsp3) is 0.417. The molecule has 0 aliphatic rings. The largest absolute Gasteiger partial charge is 0.388 e. The molecule has 0 saturated carbocycles. The van der Waals surface area contributed by atoms with Crippen molar-refractivity contribution in [2.75, 3.05) is 13.2 Å². The van der Waals surface area contributed by atoms with Gasteiger partial charge in [0.05, 0.1) is 11.3 Å². The number of carbonyl (C=O) groups is 3. The van der Waals surface area contributed by atoms with Gasteiger partial charge in [0.15, 0.2) is 5.78 Å². The standard InChI is InChI=1S/C12H15ClN2O4/c1-4-14-12(19)10(18)9-6(2)8(7(17)5-16)11(13)15(9)3/h16H,4-5H2,1-3H3,(H,14,19). The van der Waals surface area contributed by atoms with Crippen LogP contribution < -0.4 is 5.32 Å². The SMILES string of the molecule is CCNC(=O)C(=O)c1c(C)c(C(=O)CO)c(Cl)n1C. The zero-order chi connectivity index (χ0) is 14.7. The van der Waals surface area contributed by atoms with E-state index in [1.165, 1.54) is 18.5 Å². The summed E-state index contributed by atoms with van der Waals surface area (Å²) in [5, 5.41) is 11.3. The number of nitrogens with zero attached hydrogens (tertiary/aromatic N) is 1. The van der Waals surface area contributed by atoms with Crippen LogP contribution in [0.4, 0.5) is 0 Å². The number of aliphatic hydroxyl groups excluding tert-OH is 1. The zero-order valence-electron chi connectivity index (χ0n) is 10.9. The summed E-state index contributed by atoms with van der Waals surface area (Å²) in [7, 11) is 1.48. The first kappa shape index (κ1) is 15.4. The highest BCUT2D eigenvalue weighted by Gasteiger charge is 2.28. The van der Waals surface area contributed by atoms with Crippen molar-refractivity contribution in [3.05, 3.63) is 22.0 Å². The lowest BCUT2D eigenvalue weighted by Gasteiger charge is -2.04. The lowest BCUT2D eigenvalue weighted by molar-refractivity contribution is -0.116. The van der Waals surface area contributed by atoms with Gasteiger partial charge in [0.2, 0.25) is 0 Å². The van der Waals surface area contributed by atoms with Crippen molar-refractivity contribution in [1.82, 2.24) is 9.88 Å².